The summed E-state index contributed by atoms with van der Waals surface area (Å²) in [5.41, 5.74) is 4.15. The molecule has 194 valence electrons. The number of benzene rings is 2. The van der Waals surface area contributed by atoms with Gasteiger partial charge >= 0.3 is 0 Å². The molecule has 2 aliphatic heterocycles. The Morgan fingerprint density at radius 1 is 1.03 bits per heavy atom. The van der Waals surface area contributed by atoms with Gasteiger partial charge in [0.05, 0.1) is 12.7 Å². The Hall–Kier alpha value is -4.08. The summed E-state index contributed by atoms with van der Waals surface area (Å²) in [5, 5.41) is 3.96. The maximum absolute atomic E-state index is 13.6. The van der Waals surface area contributed by atoms with Gasteiger partial charge in [-0.2, -0.15) is 4.98 Å². The Balaban J connectivity index is 1.34. The first kappa shape index (κ1) is 24.3. The summed E-state index contributed by atoms with van der Waals surface area (Å²) in [4.78, 5) is 40.5. The number of likely N-dealkylation sites (N-methyl/N-ethyl adjacent to an activating group) is 2. The average Bonchev–Trinajstić information content (AvgIpc) is 2.92. The summed E-state index contributed by atoms with van der Waals surface area (Å²) in [6.07, 6.45) is 1.74. The lowest BCUT2D eigenvalue weighted by Gasteiger charge is -2.33. The van der Waals surface area contributed by atoms with E-state index in [0.29, 0.717) is 34.7 Å². The molecule has 0 spiro atoms. The molecule has 0 bridgehead atoms. The van der Waals surface area contributed by atoms with E-state index in [-0.39, 0.29) is 17.4 Å². The van der Waals surface area contributed by atoms with Gasteiger partial charge in [0.15, 0.2) is 5.78 Å². The largest absolute Gasteiger partial charge is 0.371 e. The number of fused-ring (bicyclic) bond motifs is 2. The number of ketones is 1. The smallest absolute Gasteiger partial charge is 0.255 e. The number of morpholine rings is 1. The van der Waals surface area contributed by atoms with E-state index in [1.807, 2.05) is 60.5 Å². The van der Waals surface area contributed by atoms with Crippen LogP contribution in [-0.4, -0.2) is 65.6 Å². The van der Waals surface area contributed by atoms with Crippen LogP contribution in [0.5, 0.6) is 0 Å². The highest BCUT2D eigenvalue weighted by molar-refractivity contribution is 6.06. The Bertz CT molecular complexity index is 1580. The van der Waals surface area contributed by atoms with E-state index in [0.717, 1.165) is 36.6 Å². The van der Waals surface area contributed by atoms with Crippen LogP contribution >= 0.6 is 0 Å². The number of nitrogens with one attached hydrogen (secondary N) is 1. The lowest BCUT2D eigenvalue weighted by molar-refractivity contribution is -0.0208. The normalized spacial score (nSPS) is 20.0. The van der Waals surface area contributed by atoms with Crippen LogP contribution in [0.3, 0.4) is 0 Å². The van der Waals surface area contributed by atoms with Gasteiger partial charge in [-0.15, -0.1) is 0 Å². The third kappa shape index (κ3) is 4.33. The maximum Gasteiger partial charge on any atom is 0.255 e. The summed E-state index contributed by atoms with van der Waals surface area (Å²) >= 11 is 0. The molecule has 6 rings (SSSR count). The van der Waals surface area contributed by atoms with Crippen LogP contribution in [0.4, 0.5) is 17.3 Å². The summed E-state index contributed by atoms with van der Waals surface area (Å²) in [6.45, 7) is 4.65. The van der Waals surface area contributed by atoms with Gasteiger partial charge in [-0.1, -0.05) is 24.3 Å². The molecule has 0 saturated carbocycles. The molecule has 2 aliphatic rings. The van der Waals surface area contributed by atoms with E-state index in [1.165, 1.54) is 4.57 Å². The van der Waals surface area contributed by atoms with Crippen molar-refractivity contribution in [3.63, 3.8) is 0 Å². The zero-order valence-electron chi connectivity index (χ0n) is 21.7. The van der Waals surface area contributed by atoms with Crippen molar-refractivity contribution in [2.24, 2.45) is 0 Å². The number of anilines is 3. The molecule has 1 fully saturated rings. The molecular weight excluding hydrogens is 480 g/mol. The molecule has 2 aromatic carbocycles. The topological polar surface area (TPSA) is 92.6 Å². The fourth-order valence-electron chi connectivity index (χ4n) is 5.33. The van der Waals surface area contributed by atoms with Crippen LogP contribution < -0.4 is 15.8 Å². The minimum atomic E-state index is -0.694. The van der Waals surface area contributed by atoms with E-state index in [9.17, 15) is 9.59 Å². The standard InChI is InChI=1S/C29H30N6O3/c1-18-14-20-15-30-29(31-21-10-8-19(9-11-21)25-17-33(2)12-13-38-25)32-27(20)35(28(18)37)24-16-34(3)23-7-5-4-6-22(23)26(24)36/h4-11,14-15,24-25H,12-13,16-17H2,1-3H3,(H,30,31,32). The second-order valence-corrected chi connectivity index (χ2v) is 10.1. The van der Waals surface area contributed by atoms with Gasteiger partial charge in [-0.25, -0.2) is 4.98 Å². The summed E-state index contributed by atoms with van der Waals surface area (Å²) in [6, 6.07) is 16.6. The first-order valence-corrected chi connectivity index (χ1v) is 12.8. The van der Waals surface area contributed by atoms with Crippen LogP contribution in [0.25, 0.3) is 11.0 Å². The molecule has 2 unspecified atom stereocenters. The van der Waals surface area contributed by atoms with Gasteiger partial charge < -0.3 is 19.9 Å². The number of rotatable bonds is 4. The number of aromatic nitrogens is 3. The Labute approximate surface area is 220 Å². The highest BCUT2D eigenvalue weighted by Crippen LogP contribution is 2.32. The van der Waals surface area contributed by atoms with E-state index < -0.39 is 6.04 Å². The number of para-hydroxylation sites is 1. The van der Waals surface area contributed by atoms with Crippen molar-refractivity contribution in [3.05, 3.63) is 87.8 Å². The van der Waals surface area contributed by atoms with Gasteiger partial charge in [0.1, 0.15) is 11.7 Å². The number of nitrogens with zero attached hydrogens (tertiary/aromatic N) is 5. The second-order valence-electron chi connectivity index (χ2n) is 10.1. The number of aryl methyl sites for hydroxylation is 1. The van der Waals surface area contributed by atoms with Crippen LogP contribution in [0, 0.1) is 6.92 Å². The lowest BCUT2D eigenvalue weighted by atomic mass is 9.96. The van der Waals surface area contributed by atoms with Crippen LogP contribution in [0.1, 0.15) is 33.6 Å². The molecule has 2 aromatic heterocycles. The van der Waals surface area contributed by atoms with Crippen LogP contribution in [0.2, 0.25) is 0 Å². The number of hydrogen-bond donors (Lipinski definition) is 1. The van der Waals surface area contributed by atoms with Gasteiger partial charge in [0.25, 0.3) is 5.56 Å². The van der Waals surface area contributed by atoms with Crippen molar-refractivity contribution in [3.8, 4) is 0 Å². The molecule has 0 amide bonds. The van der Waals surface area contributed by atoms with Crippen molar-refractivity contribution in [1.82, 2.24) is 19.4 Å². The molecule has 9 nitrogen and oxygen atoms in total. The second kappa shape index (κ2) is 9.66. The predicted octanol–water partition coefficient (Wildman–Crippen LogP) is 3.72. The average molecular weight is 511 g/mol. The molecule has 0 radical (unpaired) electrons. The van der Waals surface area contributed by atoms with E-state index in [4.69, 9.17) is 9.72 Å². The number of ether oxygens (including phenoxy) is 1. The highest BCUT2D eigenvalue weighted by atomic mass is 16.5. The van der Waals surface area contributed by atoms with Crippen molar-refractivity contribution in [1.29, 1.82) is 0 Å². The summed E-state index contributed by atoms with van der Waals surface area (Å²) in [7, 11) is 4.03. The lowest BCUT2D eigenvalue weighted by Crippen LogP contribution is -2.42. The molecule has 4 heterocycles. The zero-order valence-corrected chi connectivity index (χ0v) is 21.7. The molecule has 2 atom stereocenters. The number of Topliss-reactive ketones (excluding diaryl/α,β-unsaturated/α-hetero) is 1. The maximum atomic E-state index is 13.6. The zero-order chi connectivity index (χ0) is 26.4. The van der Waals surface area contributed by atoms with E-state index >= 15 is 0 Å². The molecular formula is C29H30N6O3. The SMILES string of the molecule is Cc1cc2cnc(Nc3ccc(C4CN(C)CCO4)cc3)nc2n(C2CN(C)c3ccccc3C2=O)c1=O. The van der Waals surface area contributed by atoms with E-state index in [2.05, 4.69) is 22.2 Å². The van der Waals surface area contributed by atoms with Gasteiger partial charge in [0, 0.05) is 60.8 Å². The third-order valence-electron chi connectivity index (χ3n) is 7.40. The summed E-state index contributed by atoms with van der Waals surface area (Å²) < 4.78 is 7.45. The number of pyridine rings is 1. The number of carbonyl (C=O) groups is 1. The summed E-state index contributed by atoms with van der Waals surface area (Å²) in [5.74, 6) is 0.264. The molecule has 38 heavy (non-hydrogen) atoms. The minimum Gasteiger partial charge on any atom is -0.371 e. The third-order valence-corrected chi connectivity index (χ3v) is 7.40. The molecule has 4 aromatic rings. The Kier molecular flexibility index (Phi) is 6.17. The predicted molar refractivity (Wildman–Crippen MR) is 148 cm³/mol. The van der Waals surface area contributed by atoms with Crippen molar-refractivity contribution in [2.45, 2.75) is 19.1 Å². The van der Waals surface area contributed by atoms with Crippen molar-refractivity contribution < 1.29 is 9.53 Å². The van der Waals surface area contributed by atoms with Gasteiger partial charge in [-0.3, -0.25) is 14.2 Å². The molecule has 0 aliphatic carbocycles. The Morgan fingerprint density at radius 3 is 2.61 bits per heavy atom. The first-order valence-electron chi connectivity index (χ1n) is 12.8. The van der Waals surface area contributed by atoms with Crippen molar-refractivity contribution in [2.75, 3.05) is 50.6 Å². The number of hydrogen-bond acceptors (Lipinski definition) is 8. The minimum absolute atomic E-state index is 0.0497. The van der Waals surface area contributed by atoms with Crippen molar-refractivity contribution >= 4 is 34.1 Å². The first-order chi connectivity index (χ1) is 18.4. The molecule has 9 heteroatoms. The molecule has 1 saturated heterocycles. The van der Waals surface area contributed by atoms with E-state index in [1.54, 1.807) is 19.2 Å². The highest BCUT2D eigenvalue weighted by Gasteiger charge is 2.33. The van der Waals surface area contributed by atoms with Gasteiger partial charge in [0.2, 0.25) is 5.95 Å². The van der Waals surface area contributed by atoms with Gasteiger partial charge in [-0.05, 0) is 49.9 Å². The Morgan fingerprint density at radius 2 is 1.82 bits per heavy atom. The molecule has 1 N–H and O–H groups in total. The van der Waals surface area contributed by atoms with Crippen LogP contribution in [0.15, 0.2) is 65.6 Å². The number of carbonyl (C=O) groups excluding carboxylic acids is 1. The fraction of sp³-hybridized carbons (Fsp3) is 0.310. The van der Waals surface area contributed by atoms with Crippen LogP contribution in [-0.2, 0) is 4.74 Å². The quantitative estimate of drug-likeness (QED) is 0.444. The monoisotopic (exact) mass is 510 g/mol. The fourth-order valence-corrected chi connectivity index (χ4v) is 5.33.